The van der Waals surface area contributed by atoms with Gasteiger partial charge in [0.25, 0.3) is 0 Å². The van der Waals surface area contributed by atoms with E-state index in [-0.39, 0.29) is 24.0 Å². The molecular formula is C20H44IN5. The molecule has 1 heterocycles. The number of piperidine rings is 1. The van der Waals surface area contributed by atoms with Crippen molar-refractivity contribution in [2.24, 2.45) is 10.9 Å². The highest BCUT2D eigenvalue weighted by Gasteiger charge is 2.18. The fraction of sp³-hybridized carbons (Fsp3) is 0.950. The molecule has 1 rings (SSSR count). The van der Waals surface area contributed by atoms with Gasteiger partial charge < -0.3 is 15.5 Å². The Morgan fingerprint density at radius 2 is 1.85 bits per heavy atom. The van der Waals surface area contributed by atoms with E-state index in [2.05, 4.69) is 62.0 Å². The topological polar surface area (TPSA) is 42.9 Å². The first-order chi connectivity index (χ1) is 12.0. The van der Waals surface area contributed by atoms with Crippen molar-refractivity contribution in [3.8, 4) is 0 Å². The second-order valence-corrected chi connectivity index (χ2v) is 7.83. The Morgan fingerprint density at radius 3 is 2.42 bits per heavy atom. The predicted octanol–water partition coefficient (Wildman–Crippen LogP) is 3.40. The van der Waals surface area contributed by atoms with Crippen molar-refractivity contribution in [1.29, 1.82) is 0 Å². The molecule has 0 bridgehead atoms. The summed E-state index contributed by atoms with van der Waals surface area (Å²) in [5, 5.41) is 6.91. The van der Waals surface area contributed by atoms with Crippen LogP contribution >= 0.6 is 24.0 Å². The molecule has 2 N–H and O–H groups in total. The third-order valence-corrected chi connectivity index (χ3v) is 5.11. The van der Waals surface area contributed by atoms with Crippen LogP contribution in [0.15, 0.2) is 4.99 Å². The predicted molar refractivity (Wildman–Crippen MR) is 126 cm³/mol. The summed E-state index contributed by atoms with van der Waals surface area (Å²) in [5.74, 6) is 1.69. The Morgan fingerprint density at radius 1 is 1.15 bits per heavy atom. The van der Waals surface area contributed by atoms with E-state index in [0.717, 1.165) is 38.6 Å². The van der Waals surface area contributed by atoms with Crippen molar-refractivity contribution in [2.75, 3.05) is 45.8 Å². The van der Waals surface area contributed by atoms with Crippen LogP contribution in [0.3, 0.4) is 0 Å². The van der Waals surface area contributed by atoms with Gasteiger partial charge in [-0.25, -0.2) is 0 Å². The lowest BCUT2D eigenvalue weighted by molar-refractivity contribution is 0.173. The quantitative estimate of drug-likeness (QED) is 0.217. The summed E-state index contributed by atoms with van der Waals surface area (Å²) in [4.78, 5) is 9.95. The molecule has 1 aliphatic heterocycles. The highest BCUT2D eigenvalue weighted by molar-refractivity contribution is 14.0. The highest BCUT2D eigenvalue weighted by Crippen LogP contribution is 2.16. The maximum absolute atomic E-state index is 4.85. The monoisotopic (exact) mass is 481 g/mol. The molecule has 26 heavy (non-hydrogen) atoms. The van der Waals surface area contributed by atoms with Gasteiger partial charge in [0.15, 0.2) is 5.96 Å². The van der Waals surface area contributed by atoms with Crippen LogP contribution in [0.25, 0.3) is 0 Å². The molecular weight excluding hydrogens is 437 g/mol. The van der Waals surface area contributed by atoms with Crippen LogP contribution in [0.1, 0.15) is 60.8 Å². The van der Waals surface area contributed by atoms with Gasteiger partial charge in [0, 0.05) is 44.8 Å². The lowest BCUT2D eigenvalue weighted by Crippen LogP contribution is -2.42. The van der Waals surface area contributed by atoms with Crippen molar-refractivity contribution in [3.05, 3.63) is 0 Å². The summed E-state index contributed by atoms with van der Waals surface area (Å²) >= 11 is 0. The number of guanidine groups is 1. The van der Waals surface area contributed by atoms with Gasteiger partial charge >= 0.3 is 0 Å². The first kappa shape index (κ1) is 25.9. The van der Waals surface area contributed by atoms with E-state index >= 15 is 0 Å². The van der Waals surface area contributed by atoms with E-state index in [1.165, 1.54) is 32.5 Å². The number of likely N-dealkylation sites (tertiary alicyclic amines) is 1. The fourth-order valence-corrected chi connectivity index (χ4v) is 3.73. The van der Waals surface area contributed by atoms with Gasteiger partial charge in [0.2, 0.25) is 0 Å². The van der Waals surface area contributed by atoms with Crippen LogP contribution in [-0.4, -0.2) is 73.7 Å². The number of aliphatic imine (C=N–C) groups is 1. The minimum atomic E-state index is 0. The molecule has 1 aliphatic rings. The van der Waals surface area contributed by atoms with Crippen LogP contribution in [0.4, 0.5) is 0 Å². The number of nitrogens with zero attached hydrogens (tertiary/aromatic N) is 3. The molecule has 1 saturated heterocycles. The van der Waals surface area contributed by atoms with E-state index in [0.29, 0.717) is 18.0 Å². The molecule has 1 unspecified atom stereocenters. The van der Waals surface area contributed by atoms with Crippen LogP contribution < -0.4 is 10.6 Å². The Bertz CT molecular complexity index is 365. The molecule has 0 amide bonds. The second kappa shape index (κ2) is 14.9. The zero-order valence-electron chi connectivity index (χ0n) is 18.1. The van der Waals surface area contributed by atoms with Crippen LogP contribution in [0.2, 0.25) is 0 Å². The van der Waals surface area contributed by atoms with Gasteiger partial charge in [-0.2, -0.15) is 0 Å². The molecule has 0 radical (unpaired) electrons. The van der Waals surface area contributed by atoms with Crippen LogP contribution in [0.5, 0.6) is 0 Å². The van der Waals surface area contributed by atoms with Crippen molar-refractivity contribution >= 4 is 29.9 Å². The minimum absolute atomic E-state index is 0. The normalized spacial score (nSPS) is 19.1. The molecule has 0 aromatic rings. The standard InChI is InChI=1S/C20H43N5.HI/c1-7-21-20(22-12-10-14-25(17(3)4)18(5)6)23-15-19-11-9-13-24(8-2)16-19;/h17-19H,7-16H2,1-6H3,(H2,21,22,23);1H. The molecule has 0 aliphatic carbocycles. The molecule has 0 aromatic heterocycles. The van der Waals surface area contributed by atoms with E-state index < -0.39 is 0 Å². The third-order valence-electron chi connectivity index (χ3n) is 5.11. The summed E-state index contributed by atoms with van der Waals surface area (Å²) in [6.07, 6.45) is 3.78. The van der Waals surface area contributed by atoms with Crippen LogP contribution in [-0.2, 0) is 0 Å². The van der Waals surface area contributed by atoms with Gasteiger partial charge in [0.05, 0.1) is 0 Å². The lowest BCUT2D eigenvalue weighted by Gasteiger charge is -2.31. The maximum Gasteiger partial charge on any atom is 0.191 e. The summed E-state index contributed by atoms with van der Waals surface area (Å²) in [6.45, 7) is 21.1. The Balaban J connectivity index is 0.00000625. The molecule has 0 aromatic carbocycles. The lowest BCUT2D eigenvalue weighted by atomic mass is 9.98. The molecule has 156 valence electrons. The number of hydrogen-bond donors (Lipinski definition) is 2. The Labute approximate surface area is 179 Å². The van der Waals surface area contributed by atoms with Crippen LogP contribution in [0, 0.1) is 5.92 Å². The van der Waals surface area contributed by atoms with E-state index in [1.54, 1.807) is 0 Å². The van der Waals surface area contributed by atoms with Gasteiger partial charge in [-0.05, 0) is 72.9 Å². The Kier molecular flexibility index (Phi) is 14.9. The SMILES string of the molecule is CCNC(=NCC1CCCN(CC)C1)NCCCN(C(C)C)C(C)C.I. The largest absolute Gasteiger partial charge is 0.357 e. The summed E-state index contributed by atoms with van der Waals surface area (Å²) in [6, 6.07) is 1.21. The molecule has 0 spiro atoms. The smallest absolute Gasteiger partial charge is 0.191 e. The maximum atomic E-state index is 4.85. The first-order valence-electron chi connectivity index (χ1n) is 10.5. The molecule has 5 nitrogen and oxygen atoms in total. The summed E-state index contributed by atoms with van der Waals surface area (Å²) < 4.78 is 0. The molecule has 0 saturated carbocycles. The van der Waals surface area contributed by atoms with Crippen molar-refractivity contribution < 1.29 is 0 Å². The Hall–Kier alpha value is -0.0800. The first-order valence-corrected chi connectivity index (χ1v) is 10.5. The van der Waals surface area contributed by atoms with Gasteiger partial charge in [-0.3, -0.25) is 9.89 Å². The second-order valence-electron chi connectivity index (χ2n) is 7.83. The average molecular weight is 482 g/mol. The van der Waals surface area contributed by atoms with Crippen molar-refractivity contribution in [2.45, 2.75) is 72.9 Å². The van der Waals surface area contributed by atoms with E-state index in [1.807, 2.05) is 0 Å². The number of rotatable bonds is 10. The molecule has 1 atom stereocenters. The zero-order chi connectivity index (χ0) is 18.7. The molecule has 1 fully saturated rings. The number of halogens is 1. The number of hydrogen-bond acceptors (Lipinski definition) is 3. The van der Waals surface area contributed by atoms with Gasteiger partial charge in [-0.1, -0.05) is 6.92 Å². The minimum Gasteiger partial charge on any atom is -0.357 e. The fourth-order valence-electron chi connectivity index (χ4n) is 3.73. The number of nitrogens with one attached hydrogen (secondary N) is 2. The van der Waals surface area contributed by atoms with E-state index in [4.69, 9.17) is 4.99 Å². The summed E-state index contributed by atoms with van der Waals surface area (Å²) in [5.41, 5.74) is 0. The average Bonchev–Trinajstić information content (AvgIpc) is 2.58. The van der Waals surface area contributed by atoms with Gasteiger partial charge in [-0.15, -0.1) is 24.0 Å². The zero-order valence-corrected chi connectivity index (χ0v) is 20.4. The van der Waals surface area contributed by atoms with Crippen molar-refractivity contribution in [1.82, 2.24) is 20.4 Å². The summed E-state index contributed by atoms with van der Waals surface area (Å²) in [7, 11) is 0. The highest BCUT2D eigenvalue weighted by atomic mass is 127. The third kappa shape index (κ3) is 10.3. The van der Waals surface area contributed by atoms with Crippen molar-refractivity contribution in [3.63, 3.8) is 0 Å². The molecule has 6 heteroatoms. The van der Waals surface area contributed by atoms with Gasteiger partial charge in [0.1, 0.15) is 0 Å². The van der Waals surface area contributed by atoms with E-state index in [9.17, 15) is 0 Å².